The normalized spacial score (nSPS) is 12.8. The molecule has 8 heteroatoms. The highest BCUT2D eigenvalue weighted by Crippen LogP contribution is 2.44. The molecule has 35 heavy (non-hydrogen) atoms. The van der Waals surface area contributed by atoms with Gasteiger partial charge >= 0.3 is 12.1 Å². The molecule has 2 amide bonds. The van der Waals surface area contributed by atoms with Crippen LogP contribution < -0.4 is 10.6 Å². The van der Waals surface area contributed by atoms with E-state index in [0.29, 0.717) is 5.69 Å². The van der Waals surface area contributed by atoms with Gasteiger partial charge in [-0.25, -0.2) is 9.59 Å². The van der Waals surface area contributed by atoms with Crippen LogP contribution in [0.5, 0.6) is 0 Å². The zero-order chi connectivity index (χ0) is 24.8. The number of amides is 2. The molecule has 0 spiro atoms. The van der Waals surface area contributed by atoms with Crippen molar-refractivity contribution in [3.05, 3.63) is 89.2 Å². The molecule has 1 aliphatic carbocycles. The fourth-order valence-corrected chi connectivity index (χ4v) is 4.26. The number of nitrogens with zero attached hydrogens (tertiary/aromatic N) is 1. The summed E-state index contributed by atoms with van der Waals surface area (Å²) >= 11 is 0. The Labute approximate surface area is 203 Å². The maximum absolute atomic E-state index is 12.3. The van der Waals surface area contributed by atoms with Crippen LogP contribution in [0.25, 0.3) is 11.1 Å². The van der Waals surface area contributed by atoms with Crippen molar-refractivity contribution in [3.63, 3.8) is 0 Å². The summed E-state index contributed by atoms with van der Waals surface area (Å²) in [6, 6.07) is 19.1. The molecule has 0 aliphatic heterocycles. The molecule has 0 saturated heterocycles. The molecule has 0 radical (unpaired) electrons. The molecule has 2 aromatic carbocycles. The number of carboxylic acid groups (broad SMARTS) is 1. The van der Waals surface area contributed by atoms with Crippen LogP contribution >= 0.6 is 0 Å². The van der Waals surface area contributed by atoms with E-state index in [1.54, 1.807) is 0 Å². The van der Waals surface area contributed by atoms with Gasteiger partial charge in [-0.15, -0.1) is 0 Å². The van der Waals surface area contributed by atoms with Crippen LogP contribution in [0, 0.1) is 5.92 Å². The highest BCUT2D eigenvalue weighted by atomic mass is 16.5. The lowest BCUT2D eigenvalue weighted by Gasteiger charge is -2.16. The first-order chi connectivity index (χ1) is 16.9. The molecule has 1 aromatic heterocycles. The summed E-state index contributed by atoms with van der Waals surface area (Å²) in [5.74, 6) is -1.39. The van der Waals surface area contributed by atoms with Crippen molar-refractivity contribution in [2.75, 3.05) is 13.2 Å². The Hall–Kier alpha value is -4.20. The summed E-state index contributed by atoms with van der Waals surface area (Å²) < 4.78 is 5.52. The Morgan fingerprint density at radius 3 is 2.31 bits per heavy atom. The molecule has 1 atom stereocenters. The van der Waals surface area contributed by atoms with E-state index < -0.39 is 12.1 Å². The third-order valence-electron chi connectivity index (χ3n) is 6.00. The molecule has 3 N–H and O–H groups in total. The number of aromatic carboxylic acids is 1. The number of carbonyl (C=O) groups is 3. The third-order valence-corrected chi connectivity index (χ3v) is 6.00. The zero-order valence-corrected chi connectivity index (χ0v) is 19.4. The summed E-state index contributed by atoms with van der Waals surface area (Å²) in [6.07, 6.45) is 1.07. The largest absolute Gasteiger partial charge is 0.478 e. The summed E-state index contributed by atoms with van der Waals surface area (Å²) in [7, 11) is 0. The molecule has 3 aromatic rings. The molecule has 8 nitrogen and oxygen atoms in total. The van der Waals surface area contributed by atoms with Crippen molar-refractivity contribution in [1.29, 1.82) is 0 Å². The standard InChI is InChI=1S/C27H27N3O5/c1-17(12-25(31)29-15-19-13-18(26(32)33)10-11-28-19)14-30-27(34)35-16-24-22-8-4-2-6-20(22)21-7-3-5-9-23(21)24/h2-11,13,17,24H,12,14-16H2,1H3,(H,29,31)(H,30,34)(H,32,33). The first-order valence-electron chi connectivity index (χ1n) is 11.5. The summed E-state index contributed by atoms with van der Waals surface area (Å²) in [5.41, 5.74) is 5.21. The van der Waals surface area contributed by atoms with Crippen molar-refractivity contribution in [2.45, 2.75) is 25.8 Å². The van der Waals surface area contributed by atoms with Crippen molar-refractivity contribution in [3.8, 4) is 11.1 Å². The van der Waals surface area contributed by atoms with Gasteiger partial charge < -0.3 is 20.5 Å². The fourth-order valence-electron chi connectivity index (χ4n) is 4.26. The number of nitrogens with one attached hydrogen (secondary N) is 2. The lowest BCUT2D eigenvalue weighted by molar-refractivity contribution is -0.122. The summed E-state index contributed by atoms with van der Waals surface area (Å²) in [5, 5.41) is 14.5. The lowest BCUT2D eigenvalue weighted by atomic mass is 9.98. The van der Waals surface area contributed by atoms with Gasteiger partial charge in [0.2, 0.25) is 5.91 Å². The van der Waals surface area contributed by atoms with Gasteiger partial charge in [-0.05, 0) is 40.3 Å². The second-order valence-corrected chi connectivity index (χ2v) is 8.63. The SMILES string of the molecule is CC(CNC(=O)OCC1c2ccccc2-c2ccccc21)CC(=O)NCc1cc(C(=O)O)ccn1. The maximum atomic E-state index is 12.3. The van der Waals surface area contributed by atoms with Gasteiger partial charge in [-0.3, -0.25) is 9.78 Å². The van der Waals surface area contributed by atoms with Gasteiger partial charge in [-0.2, -0.15) is 0 Å². The fraction of sp³-hybridized carbons (Fsp3) is 0.259. The van der Waals surface area contributed by atoms with Crippen molar-refractivity contribution < 1.29 is 24.2 Å². The van der Waals surface area contributed by atoms with Crippen molar-refractivity contribution in [1.82, 2.24) is 15.6 Å². The van der Waals surface area contributed by atoms with Gasteiger partial charge in [0.25, 0.3) is 0 Å². The molecule has 1 unspecified atom stereocenters. The monoisotopic (exact) mass is 473 g/mol. The van der Waals surface area contributed by atoms with E-state index in [4.69, 9.17) is 9.84 Å². The number of pyridine rings is 1. The summed E-state index contributed by atoms with van der Waals surface area (Å²) in [4.78, 5) is 39.6. The van der Waals surface area contributed by atoms with Crippen LogP contribution in [0.4, 0.5) is 4.79 Å². The maximum Gasteiger partial charge on any atom is 0.407 e. The minimum absolute atomic E-state index is 0.00964. The Morgan fingerprint density at radius 1 is 1.00 bits per heavy atom. The van der Waals surface area contributed by atoms with Gasteiger partial charge in [-0.1, -0.05) is 55.5 Å². The number of carbonyl (C=O) groups excluding carboxylic acids is 2. The first-order valence-corrected chi connectivity index (χ1v) is 11.5. The van der Waals surface area contributed by atoms with Crippen LogP contribution in [-0.2, 0) is 16.1 Å². The van der Waals surface area contributed by atoms with Crippen LogP contribution in [0.1, 0.15) is 46.4 Å². The number of aromatic nitrogens is 1. The Bertz CT molecular complexity index is 1200. The van der Waals surface area contributed by atoms with Gasteiger partial charge in [0.05, 0.1) is 17.8 Å². The van der Waals surface area contributed by atoms with Crippen LogP contribution in [0.15, 0.2) is 66.9 Å². The number of benzene rings is 2. The molecule has 1 heterocycles. The highest BCUT2D eigenvalue weighted by Gasteiger charge is 2.29. The highest BCUT2D eigenvalue weighted by molar-refractivity contribution is 5.87. The molecule has 0 fully saturated rings. The van der Waals surface area contributed by atoms with E-state index in [-0.39, 0.29) is 49.4 Å². The van der Waals surface area contributed by atoms with Crippen LogP contribution in [-0.4, -0.2) is 41.2 Å². The molecule has 1 aliphatic rings. The topological polar surface area (TPSA) is 118 Å². The molecule has 0 bridgehead atoms. The number of alkyl carbamates (subject to hydrolysis) is 1. The Balaban J connectivity index is 1.21. The number of fused-ring (bicyclic) bond motifs is 3. The Kier molecular flexibility index (Phi) is 7.40. The van der Waals surface area contributed by atoms with Crippen molar-refractivity contribution >= 4 is 18.0 Å². The molecular formula is C27H27N3O5. The van der Waals surface area contributed by atoms with Crippen molar-refractivity contribution in [2.24, 2.45) is 5.92 Å². The smallest absolute Gasteiger partial charge is 0.407 e. The minimum Gasteiger partial charge on any atom is -0.478 e. The van der Waals surface area contributed by atoms with Gasteiger partial charge in [0.15, 0.2) is 0 Å². The average molecular weight is 474 g/mol. The molecule has 4 rings (SSSR count). The van der Waals surface area contributed by atoms with Gasteiger partial charge in [0, 0.05) is 25.1 Å². The zero-order valence-electron chi connectivity index (χ0n) is 19.4. The number of hydrogen-bond donors (Lipinski definition) is 3. The van der Waals surface area contributed by atoms with E-state index in [0.717, 1.165) is 11.1 Å². The van der Waals surface area contributed by atoms with E-state index in [1.165, 1.54) is 29.5 Å². The van der Waals surface area contributed by atoms with Crippen LogP contribution in [0.3, 0.4) is 0 Å². The second-order valence-electron chi connectivity index (χ2n) is 8.63. The number of hydrogen-bond acceptors (Lipinski definition) is 5. The quantitative estimate of drug-likeness (QED) is 0.433. The molecular weight excluding hydrogens is 446 g/mol. The molecule has 180 valence electrons. The molecule has 0 saturated carbocycles. The first kappa shape index (κ1) is 23.9. The van der Waals surface area contributed by atoms with Gasteiger partial charge in [0.1, 0.15) is 6.61 Å². The predicted octanol–water partition coefficient (Wildman–Crippen LogP) is 3.96. The van der Waals surface area contributed by atoms with E-state index in [2.05, 4.69) is 39.9 Å². The summed E-state index contributed by atoms with van der Waals surface area (Å²) in [6.45, 7) is 2.51. The average Bonchev–Trinajstić information content (AvgIpc) is 3.19. The van der Waals surface area contributed by atoms with E-state index >= 15 is 0 Å². The predicted molar refractivity (Wildman–Crippen MR) is 130 cm³/mol. The number of rotatable bonds is 9. The number of ether oxygens (including phenoxy) is 1. The number of carboxylic acids is 1. The third kappa shape index (κ3) is 5.84. The lowest BCUT2D eigenvalue weighted by Crippen LogP contribution is -2.33. The minimum atomic E-state index is -1.05. The van der Waals surface area contributed by atoms with E-state index in [1.807, 2.05) is 31.2 Å². The second kappa shape index (κ2) is 10.8. The van der Waals surface area contributed by atoms with Crippen LogP contribution in [0.2, 0.25) is 0 Å². The van der Waals surface area contributed by atoms with E-state index in [9.17, 15) is 14.4 Å². The Morgan fingerprint density at radius 2 is 1.66 bits per heavy atom.